The first-order valence-electron chi connectivity index (χ1n) is 5.64. The van der Waals surface area contributed by atoms with Crippen molar-refractivity contribution in [1.29, 1.82) is 0 Å². The topological polar surface area (TPSA) is 63.1 Å². The fourth-order valence-electron chi connectivity index (χ4n) is 2.16. The zero-order valence-corrected chi connectivity index (χ0v) is 10.6. The Hall–Kier alpha value is -2.23. The van der Waals surface area contributed by atoms with E-state index in [1.54, 1.807) is 6.07 Å². The number of hydrogen-bond acceptors (Lipinski definition) is 3. The minimum absolute atomic E-state index is 0.0406. The lowest BCUT2D eigenvalue weighted by Gasteiger charge is -2.10. The van der Waals surface area contributed by atoms with Crippen LogP contribution < -0.4 is 0 Å². The largest absolute Gasteiger partial charge is 0.476 e. The van der Waals surface area contributed by atoms with Crippen LogP contribution in [0.4, 0.5) is 0 Å². The fourth-order valence-corrected chi connectivity index (χ4v) is 2.16. The number of aromatic nitrogens is 2. The van der Waals surface area contributed by atoms with Crippen molar-refractivity contribution in [2.45, 2.75) is 20.8 Å². The van der Waals surface area contributed by atoms with Gasteiger partial charge in [-0.1, -0.05) is 17.7 Å². The maximum atomic E-state index is 10.7. The molecule has 0 aliphatic carbocycles. The normalized spacial score (nSPS) is 10.4. The van der Waals surface area contributed by atoms with Gasteiger partial charge in [0.15, 0.2) is 5.69 Å². The van der Waals surface area contributed by atoms with Gasteiger partial charge < -0.3 is 5.11 Å². The molecule has 0 bridgehead atoms. The van der Waals surface area contributed by atoms with Crippen molar-refractivity contribution in [2.75, 3.05) is 0 Å². The van der Waals surface area contributed by atoms with E-state index < -0.39 is 5.97 Å². The number of benzene rings is 1. The summed E-state index contributed by atoms with van der Waals surface area (Å²) in [5, 5.41) is 16.5. The summed E-state index contributed by atoms with van der Waals surface area (Å²) in [5.41, 5.74) is 5.11. The first kappa shape index (κ1) is 12.2. The minimum Gasteiger partial charge on any atom is -0.476 e. The summed E-state index contributed by atoms with van der Waals surface area (Å²) >= 11 is 0. The summed E-state index contributed by atoms with van der Waals surface area (Å²) in [7, 11) is 0. The number of aryl methyl sites for hydroxylation is 3. The first-order chi connectivity index (χ1) is 8.49. The van der Waals surface area contributed by atoms with E-state index in [-0.39, 0.29) is 5.69 Å². The van der Waals surface area contributed by atoms with Crippen molar-refractivity contribution >= 4 is 5.97 Å². The van der Waals surface area contributed by atoms with E-state index >= 15 is 0 Å². The fraction of sp³-hybridized carbons (Fsp3) is 0.214. The Morgan fingerprint density at radius 1 is 1.06 bits per heavy atom. The molecule has 0 atom stereocenters. The molecule has 18 heavy (non-hydrogen) atoms. The second kappa shape index (κ2) is 4.56. The standard InChI is InChI=1S/C14H14N2O2/c1-8-6-9(2)13(10(3)7-8)11-4-5-12(14(17)18)16-15-11/h4-7H,1-3H3,(H,17,18). The third-order valence-corrected chi connectivity index (χ3v) is 2.82. The molecule has 0 saturated heterocycles. The van der Waals surface area contributed by atoms with Crippen LogP contribution in [0.5, 0.6) is 0 Å². The van der Waals surface area contributed by atoms with E-state index in [0.29, 0.717) is 5.69 Å². The average Bonchev–Trinajstić information content (AvgIpc) is 2.28. The van der Waals surface area contributed by atoms with E-state index in [1.807, 2.05) is 20.8 Å². The summed E-state index contributed by atoms with van der Waals surface area (Å²) in [6.45, 7) is 6.08. The van der Waals surface area contributed by atoms with E-state index in [0.717, 1.165) is 16.7 Å². The highest BCUT2D eigenvalue weighted by molar-refractivity contribution is 5.85. The summed E-state index contributed by atoms with van der Waals surface area (Å²) in [6, 6.07) is 7.33. The predicted octanol–water partition coefficient (Wildman–Crippen LogP) is 2.77. The molecular weight excluding hydrogens is 228 g/mol. The SMILES string of the molecule is Cc1cc(C)c(-c2ccc(C(=O)O)nn2)c(C)c1. The summed E-state index contributed by atoms with van der Waals surface area (Å²) in [5.74, 6) is -1.06. The van der Waals surface area contributed by atoms with Crippen LogP contribution in [-0.2, 0) is 0 Å². The van der Waals surface area contributed by atoms with E-state index in [2.05, 4.69) is 22.3 Å². The number of rotatable bonds is 2. The van der Waals surface area contributed by atoms with E-state index in [4.69, 9.17) is 5.11 Å². The van der Waals surface area contributed by atoms with Gasteiger partial charge in [-0.05, 0) is 44.0 Å². The van der Waals surface area contributed by atoms with Gasteiger partial charge in [0.25, 0.3) is 0 Å². The van der Waals surface area contributed by atoms with Crippen LogP contribution in [0.15, 0.2) is 24.3 Å². The Labute approximate surface area is 105 Å². The number of carbonyl (C=O) groups is 1. The van der Waals surface area contributed by atoms with Gasteiger partial charge in [0, 0.05) is 5.56 Å². The highest BCUT2D eigenvalue weighted by atomic mass is 16.4. The Balaban J connectivity index is 2.52. The van der Waals surface area contributed by atoms with Gasteiger partial charge in [0.1, 0.15) is 0 Å². The van der Waals surface area contributed by atoms with E-state index in [9.17, 15) is 4.79 Å². The lowest BCUT2D eigenvalue weighted by Crippen LogP contribution is -2.03. The monoisotopic (exact) mass is 242 g/mol. The number of nitrogens with zero attached hydrogens (tertiary/aromatic N) is 2. The molecule has 0 aliphatic rings. The smallest absolute Gasteiger partial charge is 0.356 e. The minimum atomic E-state index is -1.06. The summed E-state index contributed by atoms with van der Waals surface area (Å²) in [4.78, 5) is 10.7. The van der Waals surface area contributed by atoms with Crippen molar-refractivity contribution in [3.05, 3.63) is 46.6 Å². The second-order valence-corrected chi connectivity index (χ2v) is 4.38. The zero-order chi connectivity index (χ0) is 13.3. The second-order valence-electron chi connectivity index (χ2n) is 4.38. The van der Waals surface area contributed by atoms with Crippen LogP contribution in [0, 0.1) is 20.8 Å². The van der Waals surface area contributed by atoms with Gasteiger partial charge >= 0.3 is 5.97 Å². The highest BCUT2D eigenvalue weighted by Gasteiger charge is 2.10. The molecule has 1 N–H and O–H groups in total. The van der Waals surface area contributed by atoms with Gasteiger partial charge in [-0.3, -0.25) is 0 Å². The number of aromatic carboxylic acids is 1. The van der Waals surface area contributed by atoms with Crippen molar-refractivity contribution in [2.24, 2.45) is 0 Å². The molecule has 0 unspecified atom stereocenters. The number of carboxylic acid groups (broad SMARTS) is 1. The molecule has 0 amide bonds. The van der Waals surface area contributed by atoms with Gasteiger partial charge in [-0.15, -0.1) is 10.2 Å². The van der Waals surface area contributed by atoms with Crippen LogP contribution in [0.25, 0.3) is 11.3 Å². The Morgan fingerprint density at radius 3 is 2.11 bits per heavy atom. The molecule has 0 aliphatic heterocycles. The molecule has 1 aromatic carbocycles. The Kier molecular flexibility index (Phi) is 3.10. The van der Waals surface area contributed by atoms with E-state index in [1.165, 1.54) is 11.6 Å². The Morgan fingerprint density at radius 2 is 1.67 bits per heavy atom. The van der Waals surface area contributed by atoms with Gasteiger partial charge in [-0.25, -0.2) is 4.79 Å². The van der Waals surface area contributed by atoms with Crippen LogP contribution in [-0.4, -0.2) is 21.3 Å². The molecule has 1 heterocycles. The lowest BCUT2D eigenvalue weighted by molar-refractivity contribution is 0.0689. The Bertz CT molecular complexity index is 581. The predicted molar refractivity (Wildman–Crippen MR) is 68.6 cm³/mol. The molecule has 4 nitrogen and oxygen atoms in total. The average molecular weight is 242 g/mol. The van der Waals surface area contributed by atoms with Crippen LogP contribution >= 0.6 is 0 Å². The van der Waals surface area contributed by atoms with Crippen molar-refractivity contribution < 1.29 is 9.90 Å². The highest BCUT2D eigenvalue weighted by Crippen LogP contribution is 2.26. The third-order valence-electron chi connectivity index (χ3n) is 2.82. The van der Waals surface area contributed by atoms with Gasteiger partial charge in [0.05, 0.1) is 5.69 Å². The van der Waals surface area contributed by atoms with Crippen molar-refractivity contribution in [1.82, 2.24) is 10.2 Å². The molecule has 2 aromatic rings. The van der Waals surface area contributed by atoms with Gasteiger partial charge in [0.2, 0.25) is 0 Å². The quantitative estimate of drug-likeness (QED) is 0.879. The molecule has 0 fully saturated rings. The summed E-state index contributed by atoms with van der Waals surface area (Å²) in [6.07, 6.45) is 0. The maximum Gasteiger partial charge on any atom is 0.356 e. The molecule has 0 saturated carbocycles. The summed E-state index contributed by atoms with van der Waals surface area (Å²) < 4.78 is 0. The van der Waals surface area contributed by atoms with Crippen molar-refractivity contribution in [3.63, 3.8) is 0 Å². The third kappa shape index (κ3) is 2.22. The van der Waals surface area contributed by atoms with Crippen LogP contribution in [0.2, 0.25) is 0 Å². The lowest BCUT2D eigenvalue weighted by atomic mass is 9.97. The molecule has 92 valence electrons. The van der Waals surface area contributed by atoms with Crippen LogP contribution in [0.3, 0.4) is 0 Å². The number of carboxylic acids is 1. The molecule has 0 radical (unpaired) electrons. The molecule has 2 rings (SSSR count). The molecule has 0 spiro atoms. The van der Waals surface area contributed by atoms with Gasteiger partial charge in [-0.2, -0.15) is 0 Å². The zero-order valence-electron chi connectivity index (χ0n) is 10.6. The molecule has 1 aromatic heterocycles. The van der Waals surface area contributed by atoms with Crippen molar-refractivity contribution in [3.8, 4) is 11.3 Å². The molecular formula is C14H14N2O2. The number of hydrogen-bond donors (Lipinski definition) is 1. The maximum absolute atomic E-state index is 10.7. The first-order valence-corrected chi connectivity index (χ1v) is 5.64. The van der Waals surface area contributed by atoms with Crippen LogP contribution in [0.1, 0.15) is 27.2 Å². The molecule has 4 heteroatoms.